The zero-order chi connectivity index (χ0) is 17.3. The normalized spacial score (nSPS) is 18.2. The van der Waals surface area contributed by atoms with Crippen molar-refractivity contribution in [2.24, 2.45) is 5.92 Å². The van der Waals surface area contributed by atoms with E-state index in [1.165, 1.54) is 11.3 Å². The number of carbonyl (C=O) groups is 1. The number of rotatable bonds is 4. The van der Waals surface area contributed by atoms with Crippen LogP contribution in [0.1, 0.15) is 21.2 Å². The minimum absolute atomic E-state index is 0.0652. The zero-order valence-electron chi connectivity index (χ0n) is 13.5. The third kappa shape index (κ3) is 4.00. The topological polar surface area (TPSA) is 97.2 Å². The summed E-state index contributed by atoms with van der Waals surface area (Å²) in [6.07, 6.45) is 2.82. The van der Waals surface area contributed by atoms with Gasteiger partial charge in [-0.05, 0) is 13.0 Å². The highest BCUT2D eigenvalue weighted by Gasteiger charge is 2.27. The Labute approximate surface area is 144 Å². The molecule has 3 rings (SSSR count). The molecule has 2 aromatic rings. The maximum atomic E-state index is 12.7. The molecule has 0 aromatic carbocycles. The first-order valence-corrected chi connectivity index (χ1v) is 10.3. The average Bonchev–Trinajstić information content (AvgIpc) is 3.08. The van der Waals surface area contributed by atoms with Crippen molar-refractivity contribution < 1.29 is 13.2 Å². The molecule has 1 atom stereocenters. The van der Waals surface area contributed by atoms with Crippen LogP contribution in [-0.4, -0.2) is 53.3 Å². The van der Waals surface area contributed by atoms with E-state index in [-0.39, 0.29) is 18.4 Å². The SMILES string of the molecule is Cc1nc(C(=O)N2Cc3ccnn3CC(CNS(C)(=O)=O)C2)cs1. The van der Waals surface area contributed by atoms with Crippen LogP contribution < -0.4 is 4.72 Å². The van der Waals surface area contributed by atoms with Crippen molar-refractivity contribution in [3.8, 4) is 0 Å². The van der Waals surface area contributed by atoms with Crippen LogP contribution in [0.2, 0.25) is 0 Å². The summed E-state index contributed by atoms with van der Waals surface area (Å²) in [6, 6.07) is 1.87. The quantitative estimate of drug-likeness (QED) is 0.845. The molecule has 24 heavy (non-hydrogen) atoms. The second-order valence-corrected chi connectivity index (χ2v) is 8.82. The maximum absolute atomic E-state index is 12.7. The Morgan fingerprint density at radius 3 is 2.92 bits per heavy atom. The number of fused-ring (bicyclic) bond motifs is 1. The summed E-state index contributed by atoms with van der Waals surface area (Å²) in [5.41, 5.74) is 1.36. The lowest BCUT2D eigenvalue weighted by Crippen LogP contribution is -2.38. The number of aryl methyl sites for hydroxylation is 1. The van der Waals surface area contributed by atoms with Crippen LogP contribution in [0.15, 0.2) is 17.6 Å². The molecule has 0 saturated heterocycles. The number of aromatic nitrogens is 3. The van der Waals surface area contributed by atoms with E-state index >= 15 is 0 Å². The molecule has 0 spiro atoms. The van der Waals surface area contributed by atoms with Crippen molar-refractivity contribution in [3.05, 3.63) is 34.0 Å². The van der Waals surface area contributed by atoms with E-state index < -0.39 is 10.0 Å². The van der Waals surface area contributed by atoms with Gasteiger partial charge in [-0.1, -0.05) is 0 Å². The van der Waals surface area contributed by atoms with E-state index in [1.807, 2.05) is 17.7 Å². The number of thiazole rings is 1. The van der Waals surface area contributed by atoms with Gasteiger partial charge in [0.2, 0.25) is 10.0 Å². The summed E-state index contributed by atoms with van der Waals surface area (Å²) in [6.45, 7) is 3.56. The Morgan fingerprint density at radius 1 is 1.46 bits per heavy atom. The third-order valence-electron chi connectivity index (χ3n) is 3.83. The van der Waals surface area contributed by atoms with Gasteiger partial charge >= 0.3 is 0 Å². The van der Waals surface area contributed by atoms with Gasteiger partial charge in [0, 0.05) is 37.1 Å². The van der Waals surface area contributed by atoms with Crippen molar-refractivity contribution in [3.63, 3.8) is 0 Å². The van der Waals surface area contributed by atoms with Gasteiger partial charge in [0.1, 0.15) is 5.69 Å². The van der Waals surface area contributed by atoms with Gasteiger partial charge < -0.3 is 4.90 Å². The molecule has 1 amide bonds. The molecule has 0 radical (unpaired) electrons. The number of hydrogen-bond acceptors (Lipinski definition) is 6. The van der Waals surface area contributed by atoms with Gasteiger partial charge in [0.15, 0.2) is 0 Å². The molecule has 0 fully saturated rings. The first-order chi connectivity index (χ1) is 11.3. The third-order valence-corrected chi connectivity index (χ3v) is 5.29. The van der Waals surface area contributed by atoms with Crippen molar-refractivity contribution in [1.82, 2.24) is 24.4 Å². The lowest BCUT2D eigenvalue weighted by Gasteiger charge is -2.23. The highest BCUT2D eigenvalue weighted by molar-refractivity contribution is 7.88. The highest BCUT2D eigenvalue weighted by Crippen LogP contribution is 2.19. The van der Waals surface area contributed by atoms with Gasteiger partial charge in [-0.2, -0.15) is 5.10 Å². The molecule has 130 valence electrons. The second-order valence-electron chi connectivity index (χ2n) is 5.93. The minimum Gasteiger partial charge on any atom is -0.331 e. The minimum atomic E-state index is -3.28. The van der Waals surface area contributed by atoms with E-state index in [1.54, 1.807) is 16.5 Å². The second kappa shape index (κ2) is 6.61. The van der Waals surface area contributed by atoms with E-state index in [4.69, 9.17) is 0 Å². The Kier molecular flexibility index (Phi) is 4.70. The van der Waals surface area contributed by atoms with Crippen LogP contribution in [0.4, 0.5) is 0 Å². The van der Waals surface area contributed by atoms with E-state index in [2.05, 4.69) is 14.8 Å². The monoisotopic (exact) mass is 369 g/mol. The molecule has 1 N–H and O–H groups in total. The van der Waals surface area contributed by atoms with Crippen LogP contribution in [0.3, 0.4) is 0 Å². The van der Waals surface area contributed by atoms with Crippen LogP contribution in [0.5, 0.6) is 0 Å². The number of amides is 1. The fourth-order valence-electron chi connectivity index (χ4n) is 2.71. The zero-order valence-corrected chi connectivity index (χ0v) is 15.1. The molecule has 10 heteroatoms. The number of nitrogens with one attached hydrogen (secondary N) is 1. The van der Waals surface area contributed by atoms with Crippen LogP contribution in [0, 0.1) is 12.8 Å². The molecule has 3 heterocycles. The predicted octanol–water partition coefficient (Wildman–Crippen LogP) is 0.469. The molecule has 1 aliphatic heterocycles. The number of carbonyl (C=O) groups excluding carboxylic acids is 1. The van der Waals surface area contributed by atoms with Gasteiger partial charge in [-0.25, -0.2) is 18.1 Å². The molecule has 1 unspecified atom stereocenters. The number of hydrogen-bond donors (Lipinski definition) is 1. The fourth-order valence-corrected chi connectivity index (χ4v) is 3.83. The molecule has 0 aliphatic carbocycles. The summed E-state index contributed by atoms with van der Waals surface area (Å²) in [7, 11) is -3.28. The standard InChI is InChI=1S/C14H19N5O3S2/c1-10-17-13(9-23-10)14(20)18-6-11(5-16-24(2,21)22)7-19-12(8-18)3-4-15-19/h3-4,9,11,16H,5-8H2,1-2H3. The molecule has 1 aliphatic rings. The van der Waals surface area contributed by atoms with Crippen LogP contribution in [0.25, 0.3) is 0 Å². The lowest BCUT2D eigenvalue weighted by molar-refractivity contribution is 0.0717. The largest absolute Gasteiger partial charge is 0.331 e. The van der Waals surface area contributed by atoms with Crippen LogP contribution >= 0.6 is 11.3 Å². The lowest BCUT2D eigenvalue weighted by atomic mass is 10.1. The number of sulfonamides is 1. The van der Waals surface area contributed by atoms with Gasteiger partial charge in [-0.15, -0.1) is 11.3 Å². The summed E-state index contributed by atoms with van der Waals surface area (Å²) in [4.78, 5) is 18.7. The Bertz CT molecular complexity index is 842. The highest BCUT2D eigenvalue weighted by atomic mass is 32.2. The predicted molar refractivity (Wildman–Crippen MR) is 90.2 cm³/mol. The molecule has 0 saturated carbocycles. The Hall–Kier alpha value is -1.78. The molecular formula is C14H19N5O3S2. The molecule has 0 bridgehead atoms. The first kappa shape index (κ1) is 17.1. The maximum Gasteiger partial charge on any atom is 0.273 e. The van der Waals surface area contributed by atoms with E-state index in [9.17, 15) is 13.2 Å². The van der Waals surface area contributed by atoms with Crippen molar-refractivity contribution in [2.75, 3.05) is 19.3 Å². The van der Waals surface area contributed by atoms with Gasteiger partial charge in [-0.3, -0.25) is 9.48 Å². The summed E-state index contributed by atoms with van der Waals surface area (Å²) < 4.78 is 27.1. The Balaban J connectivity index is 1.82. The fraction of sp³-hybridized carbons (Fsp3) is 0.500. The van der Waals surface area contributed by atoms with E-state index in [0.29, 0.717) is 25.3 Å². The molecule has 8 nitrogen and oxygen atoms in total. The van der Waals surface area contributed by atoms with Gasteiger partial charge in [0.25, 0.3) is 5.91 Å². The molecule has 2 aromatic heterocycles. The van der Waals surface area contributed by atoms with Crippen molar-refractivity contribution >= 4 is 27.3 Å². The van der Waals surface area contributed by atoms with E-state index in [0.717, 1.165) is 17.0 Å². The van der Waals surface area contributed by atoms with Crippen molar-refractivity contribution in [2.45, 2.75) is 20.0 Å². The molecular weight excluding hydrogens is 350 g/mol. The smallest absolute Gasteiger partial charge is 0.273 e. The summed E-state index contributed by atoms with van der Waals surface area (Å²) in [5.74, 6) is -0.206. The van der Waals surface area contributed by atoms with Crippen molar-refractivity contribution in [1.29, 1.82) is 0 Å². The summed E-state index contributed by atoms with van der Waals surface area (Å²) in [5, 5.41) is 6.86. The number of nitrogens with zero attached hydrogens (tertiary/aromatic N) is 4. The van der Waals surface area contributed by atoms with Crippen LogP contribution in [-0.2, 0) is 23.1 Å². The summed E-state index contributed by atoms with van der Waals surface area (Å²) >= 11 is 1.44. The average molecular weight is 369 g/mol. The van der Waals surface area contributed by atoms with Gasteiger partial charge in [0.05, 0.1) is 23.5 Å². The Morgan fingerprint density at radius 2 is 2.25 bits per heavy atom. The first-order valence-electron chi connectivity index (χ1n) is 7.48.